The SMILES string of the molecule is CCCn1cc(N)cc1C(=O)NCC1CCCCC1. The van der Waals surface area contributed by atoms with E-state index in [1.807, 2.05) is 10.8 Å². The van der Waals surface area contributed by atoms with Gasteiger partial charge in [0.25, 0.3) is 5.91 Å². The normalized spacial score (nSPS) is 16.5. The van der Waals surface area contributed by atoms with Crippen molar-refractivity contribution < 1.29 is 4.79 Å². The molecule has 4 heteroatoms. The molecule has 0 saturated heterocycles. The molecule has 0 atom stereocenters. The number of amides is 1. The third-order valence-electron chi connectivity index (χ3n) is 3.89. The number of hydrogen-bond donors (Lipinski definition) is 2. The minimum absolute atomic E-state index is 0.00993. The van der Waals surface area contributed by atoms with E-state index in [0.717, 1.165) is 19.5 Å². The Morgan fingerprint density at radius 2 is 2.16 bits per heavy atom. The molecule has 106 valence electrons. The van der Waals surface area contributed by atoms with Crippen LogP contribution >= 0.6 is 0 Å². The number of hydrogen-bond acceptors (Lipinski definition) is 2. The summed E-state index contributed by atoms with van der Waals surface area (Å²) in [6.07, 6.45) is 9.30. The second-order valence-corrected chi connectivity index (χ2v) is 5.57. The van der Waals surface area contributed by atoms with Gasteiger partial charge in [-0.2, -0.15) is 0 Å². The van der Waals surface area contributed by atoms with Crippen molar-refractivity contribution in [1.29, 1.82) is 0 Å². The molecular weight excluding hydrogens is 238 g/mol. The van der Waals surface area contributed by atoms with Crippen LogP contribution in [0.15, 0.2) is 12.3 Å². The van der Waals surface area contributed by atoms with Gasteiger partial charge in [-0.25, -0.2) is 0 Å². The van der Waals surface area contributed by atoms with Crippen molar-refractivity contribution in [1.82, 2.24) is 9.88 Å². The van der Waals surface area contributed by atoms with Crippen molar-refractivity contribution in [2.45, 2.75) is 52.0 Å². The van der Waals surface area contributed by atoms with Crippen LogP contribution in [0.3, 0.4) is 0 Å². The summed E-state index contributed by atoms with van der Waals surface area (Å²) in [6, 6.07) is 1.77. The van der Waals surface area contributed by atoms with Gasteiger partial charge in [0, 0.05) is 19.3 Å². The van der Waals surface area contributed by atoms with Crippen LogP contribution in [0.4, 0.5) is 5.69 Å². The molecule has 1 aliphatic rings. The molecule has 1 amide bonds. The van der Waals surface area contributed by atoms with Crippen LogP contribution < -0.4 is 11.1 Å². The molecule has 1 fully saturated rings. The van der Waals surface area contributed by atoms with Crippen LogP contribution in [0.2, 0.25) is 0 Å². The van der Waals surface area contributed by atoms with Crippen molar-refractivity contribution in [3.63, 3.8) is 0 Å². The second-order valence-electron chi connectivity index (χ2n) is 5.57. The number of anilines is 1. The highest BCUT2D eigenvalue weighted by Crippen LogP contribution is 2.23. The van der Waals surface area contributed by atoms with E-state index in [2.05, 4.69) is 12.2 Å². The number of aromatic nitrogens is 1. The van der Waals surface area contributed by atoms with Crippen molar-refractivity contribution in [3.8, 4) is 0 Å². The summed E-state index contributed by atoms with van der Waals surface area (Å²) < 4.78 is 1.95. The largest absolute Gasteiger partial charge is 0.397 e. The van der Waals surface area contributed by atoms with Gasteiger partial charge < -0.3 is 15.6 Å². The molecule has 3 N–H and O–H groups in total. The highest BCUT2D eigenvalue weighted by atomic mass is 16.1. The van der Waals surface area contributed by atoms with Gasteiger partial charge in [-0.3, -0.25) is 4.79 Å². The Morgan fingerprint density at radius 1 is 1.42 bits per heavy atom. The lowest BCUT2D eigenvalue weighted by molar-refractivity contribution is 0.0934. The number of nitrogens with one attached hydrogen (secondary N) is 1. The van der Waals surface area contributed by atoms with Crippen molar-refractivity contribution in [2.24, 2.45) is 5.92 Å². The first-order valence-electron chi connectivity index (χ1n) is 7.44. The predicted molar refractivity (Wildman–Crippen MR) is 78.0 cm³/mol. The lowest BCUT2D eigenvalue weighted by atomic mass is 9.89. The number of nitrogens with zero attached hydrogens (tertiary/aromatic N) is 1. The van der Waals surface area contributed by atoms with Gasteiger partial charge in [-0.05, 0) is 31.2 Å². The quantitative estimate of drug-likeness (QED) is 0.858. The van der Waals surface area contributed by atoms with E-state index in [1.54, 1.807) is 6.07 Å². The lowest BCUT2D eigenvalue weighted by Crippen LogP contribution is -2.31. The van der Waals surface area contributed by atoms with E-state index in [9.17, 15) is 4.79 Å². The van der Waals surface area contributed by atoms with Gasteiger partial charge >= 0.3 is 0 Å². The van der Waals surface area contributed by atoms with Crippen molar-refractivity contribution >= 4 is 11.6 Å². The molecule has 0 radical (unpaired) electrons. The smallest absolute Gasteiger partial charge is 0.267 e. The minimum Gasteiger partial charge on any atom is -0.397 e. The Labute approximate surface area is 115 Å². The van der Waals surface area contributed by atoms with Gasteiger partial charge in [-0.1, -0.05) is 26.2 Å². The van der Waals surface area contributed by atoms with E-state index in [-0.39, 0.29) is 5.91 Å². The highest BCUT2D eigenvalue weighted by Gasteiger charge is 2.16. The van der Waals surface area contributed by atoms with Gasteiger partial charge in [0.05, 0.1) is 5.69 Å². The maximum Gasteiger partial charge on any atom is 0.267 e. The van der Waals surface area contributed by atoms with Gasteiger partial charge in [-0.15, -0.1) is 0 Å². The van der Waals surface area contributed by atoms with E-state index in [1.165, 1.54) is 32.1 Å². The third kappa shape index (κ3) is 3.75. The van der Waals surface area contributed by atoms with Crippen LogP contribution in [-0.2, 0) is 6.54 Å². The number of nitrogens with two attached hydrogens (primary N) is 1. The molecule has 1 aromatic heterocycles. The molecule has 2 rings (SSSR count). The van der Waals surface area contributed by atoms with E-state index in [0.29, 0.717) is 17.3 Å². The van der Waals surface area contributed by atoms with Crippen molar-refractivity contribution in [2.75, 3.05) is 12.3 Å². The number of carbonyl (C=O) groups is 1. The summed E-state index contributed by atoms with van der Waals surface area (Å²) >= 11 is 0. The number of aryl methyl sites for hydroxylation is 1. The summed E-state index contributed by atoms with van der Waals surface area (Å²) in [7, 11) is 0. The Balaban J connectivity index is 1.91. The zero-order valence-electron chi connectivity index (χ0n) is 11.8. The number of nitrogen functional groups attached to an aromatic ring is 1. The molecule has 1 aliphatic carbocycles. The molecule has 1 aromatic rings. The Morgan fingerprint density at radius 3 is 2.84 bits per heavy atom. The average molecular weight is 263 g/mol. The molecule has 0 bridgehead atoms. The van der Waals surface area contributed by atoms with Gasteiger partial charge in [0.2, 0.25) is 0 Å². The second kappa shape index (κ2) is 6.64. The van der Waals surface area contributed by atoms with E-state index >= 15 is 0 Å². The fourth-order valence-corrected chi connectivity index (χ4v) is 2.87. The van der Waals surface area contributed by atoms with Crippen LogP contribution in [0.1, 0.15) is 55.9 Å². The number of rotatable bonds is 5. The molecule has 4 nitrogen and oxygen atoms in total. The minimum atomic E-state index is 0.00993. The topological polar surface area (TPSA) is 60.0 Å². The molecule has 0 aliphatic heterocycles. The van der Waals surface area contributed by atoms with Crippen LogP contribution in [-0.4, -0.2) is 17.0 Å². The summed E-state index contributed by atoms with van der Waals surface area (Å²) in [5.41, 5.74) is 7.14. The highest BCUT2D eigenvalue weighted by molar-refractivity contribution is 5.93. The molecule has 0 spiro atoms. The van der Waals surface area contributed by atoms with Crippen LogP contribution in [0, 0.1) is 5.92 Å². The predicted octanol–water partition coefficient (Wildman–Crippen LogP) is 2.79. The fourth-order valence-electron chi connectivity index (χ4n) is 2.87. The molecule has 0 unspecified atom stereocenters. The van der Waals surface area contributed by atoms with E-state index in [4.69, 9.17) is 5.73 Å². The van der Waals surface area contributed by atoms with Gasteiger partial charge in [0.15, 0.2) is 0 Å². The summed E-state index contributed by atoms with van der Waals surface area (Å²) in [6.45, 7) is 3.74. The Bertz CT molecular complexity index is 419. The van der Waals surface area contributed by atoms with Gasteiger partial charge in [0.1, 0.15) is 5.69 Å². The standard InChI is InChI=1S/C15H25N3O/c1-2-8-18-11-13(16)9-14(18)15(19)17-10-12-6-4-3-5-7-12/h9,11-12H,2-8,10,16H2,1H3,(H,17,19). The molecular formula is C15H25N3O. The Kier molecular flexibility index (Phi) is 4.88. The maximum atomic E-state index is 12.2. The summed E-state index contributed by atoms with van der Waals surface area (Å²) in [5, 5.41) is 3.07. The Hall–Kier alpha value is -1.45. The monoisotopic (exact) mass is 263 g/mol. The summed E-state index contributed by atoms with van der Waals surface area (Å²) in [4.78, 5) is 12.2. The zero-order valence-corrected chi connectivity index (χ0v) is 11.8. The molecule has 1 heterocycles. The number of carbonyl (C=O) groups excluding carboxylic acids is 1. The first-order valence-corrected chi connectivity index (χ1v) is 7.44. The van der Waals surface area contributed by atoms with Crippen LogP contribution in [0.5, 0.6) is 0 Å². The summed E-state index contributed by atoms with van der Waals surface area (Å²) in [5.74, 6) is 0.667. The first kappa shape index (κ1) is 14.0. The first-order chi connectivity index (χ1) is 9.20. The zero-order chi connectivity index (χ0) is 13.7. The molecule has 0 aromatic carbocycles. The molecule has 1 saturated carbocycles. The third-order valence-corrected chi connectivity index (χ3v) is 3.89. The van der Waals surface area contributed by atoms with Crippen molar-refractivity contribution in [3.05, 3.63) is 18.0 Å². The van der Waals surface area contributed by atoms with E-state index < -0.39 is 0 Å². The molecule has 19 heavy (non-hydrogen) atoms. The van der Waals surface area contributed by atoms with Crippen LogP contribution in [0.25, 0.3) is 0 Å². The average Bonchev–Trinajstić information content (AvgIpc) is 2.79. The fraction of sp³-hybridized carbons (Fsp3) is 0.667. The maximum absolute atomic E-state index is 12.2. The lowest BCUT2D eigenvalue weighted by Gasteiger charge is -2.21.